The number of para-hydroxylation sites is 1. The summed E-state index contributed by atoms with van der Waals surface area (Å²) in [5.74, 6) is 0.580. The van der Waals surface area contributed by atoms with E-state index in [0.29, 0.717) is 5.92 Å². The Labute approximate surface area is 120 Å². The van der Waals surface area contributed by atoms with E-state index < -0.39 is 0 Å². The molecule has 1 fully saturated rings. The van der Waals surface area contributed by atoms with Gasteiger partial charge < -0.3 is 5.11 Å². The first-order valence-corrected chi connectivity index (χ1v) is 7.90. The van der Waals surface area contributed by atoms with E-state index in [-0.39, 0.29) is 6.10 Å². The van der Waals surface area contributed by atoms with Crippen molar-refractivity contribution in [2.75, 3.05) is 0 Å². The zero-order valence-electron chi connectivity index (χ0n) is 12.3. The van der Waals surface area contributed by atoms with E-state index in [9.17, 15) is 5.11 Å². The Bertz CT molecular complexity index is 575. The molecule has 0 radical (unpaired) electrons. The minimum absolute atomic E-state index is 0.109. The molecule has 3 rings (SSSR count). The molecule has 0 bridgehead atoms. The first kappa shape index (κ1) is 13.6. The third-order valence-corrected chi connectivity index (χ3v) is 4.52. The number of aliphatic hydroxyl groups is 1. The van der Waals surface area contributed by atoms with E-state index in [1.807, 2.05) is 0 Å². The van der Waals surface area contributed by atoms with Crippen molar-refractivity contribution in [3.63, 3.8) is 0 Å². The van der Waals surface area contributed by atoms with Gasteiger partial charge in [0.25, 0.3) is 0 Å². The average Bonchev–Trinajstić information content (AvgIpc) is 2.68. The highest BCUT2D eigenvalue weighted by atomic mass is 16.3. The Hall–Kier alpha value is -1.35. The standard InChI is InChI=1S/C17H24N2O/c1-2-19-17-10-6-5-9-15(17)16(18-19)12-13-7-3-4-8-14(20)11-13/h5-6,9-10,13-14,20H,2-4,7-8,11-12H2,1H3. The number of aliphatic hydroxyl groups excluding tert-OH is 1. The number of fused-ring (bicyclic) bond motifs is 1. The molecule has 1 aliphatic rings. The predicted molar refractivity (Wildman–Crippen MR) is 81.7 cm³/mol. The molecule has 0 amide bonds. The first-order valence-electron chi connectivity index (χ1n) is 7.90. The fourth-order valence-corrected chi connectivity index (χ4v) is 3.48. The van der Waals surface area contributed by atoms with Gasteiger partial charge in [0, 0.05) is 11.9 Å². The second kappa shape index (κ2) is 5.96. The number of aryl methyl sites for hydroxylation is 1. The number of benzene rings is 1. The van der Waals surface area contributed by atoms with Crippen LogP contribution in [0.1, 0.15) is 44.7 Å². The van der Waals surface area contributed by atoms with Crippen LogP contribution in [0.4, 0.5) is 0 Å². The minimum atomic E-state index is -0.109. The molecule has 2 atom stereocenters. The minimum Gasteiger partial charge on any atom is -0.393 e. The molecule has 1 saturated carbocycles. The van der Waals surface area contributed by atoms with Crippen LogP contribution in [0.5, 0.6) is 0 Å². The van der Waals surface area contributed by atoms with Gasteiger partial charge in [0.15, 0.2) is 0 Å². The summed E-state index contributed by atoms with van der Waals surface area (Å²) in [6, 6.07) is 8.50. The molecular formula is C17H24N2O. The van der Waals surface area contributed by atoms with Gasteiger partial charge in [0.1, 0.15) is 0 Å². The van der Waals surface area contributed by atoms with E-state index in [4.69, 9.17) is 5.10 Å². The SMILES string of the molecule is CCn1nc(CC2CCCCC(O)C2)c2ccccc21. The molecule has 1 aromatic carbocycles. The molecule has 1 N–H and O–H groups in total. The lowest BCUT2D eigenvalue weighted by Crippen LogP contribution is -2.13. The van der Waals surface area contributed by atoms with Gasteiger partial charge in [-0.1, -0.05) is 31.0 Å². The summed E-state index contributed by atoms with van der Waals surface area (Å²) in [7, 11) is 0. The molecule has 0 aliphatic heterocycles. The molecule has 0 spiro atoms. The van der Waals surface area contributed by atoms with Gasteiger partial charge in [-0.3, -0.25) is 4.68 Å². The van der Waals surface area contributed by atoms with Crippen molar-refractivity contribution < 1.29 is 5.11 Å². The Balaban J connectivity index is 1.86. The van der Waals surface area contributed by atoms with Crippen LogP contribution in [-0.2, 0) is 13.0 Å². The van der Waals surface area contributed by atoms with Crippen molar-refractivity contribution in [3.8, 4) is 0 Å². The van der Waals surface area contributed by atoms with Gasteiger partial charge in [-0.25, -0.2) is 0 Å². The average molecular weight is 272 g/mol. The maximum absolute atomic E-state index is 9.98. The van der Waals surface area contributed by atoms with E-state index in [2.05, 4.69) is 35.9 Å². The Morgan fingerprint density at radius 3 is 2.90 bits per heavy atom. The van der Waals surface area contributed by atoms with Crippen molar-refractivity contribution in [1.29, 1.82) is 0 Å². The lowest BCUT2D eigenvalue weighted by molar-refractivity contribution is 0.141. The van der Waals surface area contributed by atoms with Crippen molar-refractivity contribution in [1.82, 2.24) is 9.78 Å². The second-order valence-corrected chi connectivity index (χ2v) is 6.02. The number of rotatable bonds is 3. The molecular weight excluding hydrogens is 248 g/mol. The van der Waals surface area contributed by atoms with Crippen LogP contribution in [0.15, 0.2) is 24.3 Å². The van der Waals surface area contributed by atoms with Crippen LogP contribution < -0.4 is 0 Å². The van der Waals surface area contributed by atoms with E-state index in [1.165, 1.54) is 35.9 Å². The maximum Gasteiger partial charge on any atom is 0.0706 e. The monoisotopic (exact) mass is 272 g/mol. The summed E-state index contributed by atoms with van der Waals surface area (Å²) < 4.78 is 2.10. The number of aromatic nitrogens is 2. The predicted octanol–water partition coefficient (Wildman–Crippen LogP) is 3.54. The Kier molecular flexibility index (Phi) is 4.06. The normalized spacial score (nSPS) is 23.9. The van der Waals surface area contributed by atoms with E-state index in [0.717, 1.165) is 25.8 Å². The smallest absolute Gasteiger partial charge is 0.0706 e. The van der Waals surface area contributed by atoms with Crippen LogP contribution in [0.2, 0.25) is 0 Å². The molecule has 2 aromatic rings. The fourth-order valence-electron chi connectivity index (χ4n) is 3.48. The van der Waals surface area contributed by atoms with Gasteiger partial charge in [0.05, 0.1) is 17.3 Å². The van der Waals surface area contributed by atoms with Gasteiger partial charge in [-0.2, -0.15) is 5.10 Å². The molecule has 1 heterocycles. The molecule has 3 heteroatoms. The molecule has 2 unspecified atom stereocenters. The van der Waals surface area contributed by atoms with Gasteiger partial charge in [-0.05, 0) is 44.6 Å². The summed E-state index contributed by atoms with van der Waals surface area (Å²) in [6.07, 6.45) is 6.45. The summed E-state index contributed by atoms with van der Waals surface area (Å²) in [5, 5.41) is 16.1. The van der Waals surface area contributed by atoms with Crippen molar-refractivity contribution >= 4 is 10.9 Å². The third kappa shape index (κ3) is 2.73. The summed E-state index contributed by atoms with van der Waals surface area (Å²) >= 11 is 0. The van der Waals surface area contributed by atoms with Crippen LogP contribution >= 0.6 is 0 Å². The molecule has 1 aromatic heterocycles. The second-order valence-electron chi connectivity index (χ2n) is 6.02. The lowest BCUT2D eigenvalue weighted by Gasteiger charge is -2.15. The number of hydrogen-bond acceptors (Lipinski definition) is 2. The van der Waals surface area contributed by atoms with Crippen molar-refractivity contribution in [3.05, 3.63) is 30.0 Å². The zero-order valence-corrected chi connectivity index (χ0v) is 12.3. The quantitative estimate of drug-likeness (QED) is 0.868. The fraction of sp³-hybridized carbons (Fsp3) is 0.588. The maximum atomic E-state index is 9.98. The van der Waals surface area contributed by atoms with Crippen molar-refractivity contribution in [2.24, 2.45) is 5.92 Å². The first-order chi connectivity index (χ1) is 9.78. The van der Waals surface area contributed by atoms with Gasteiger partial charge in [-0.15, -0.1) is 0 Å². The number of nitrogens with zero attached hydrogens (tertiary/aromatic N) is 2. The topological polar surface area (TPSA) is 38.0 Å². The van der Waals surface area contributed by atoms with Crippen LogP contribution in [-0.4, -0.2) is 21.0 Å². The zero-order chi connectivity index (χ0) is 13.9. The highest BCUT2D eigenvalue weighted by molar-refractivity contribution is 5.81. The number of hydrogen-bond donors (Lipinski definition) is 1. The Morgan fingerprint density at radius 1 is 1.25 bits per heavy atom. The highest BCUT2D eigenvalue weighted by Gasteiger charge is 2.21. The van der Waals surface area contributed by atoms with Gasteiger partial charge >= 0.3 is 0 Å². The Morgan fingerprint density at radius 2 is 2.05 bits per heavy atom. The molecule has 20 heavy (non-hydrogen) atoms. The summed E-state index contributed by atoms with van der Waals surface area (Å²) in [6.45, 7) is 3.05. The van der Waals surface area contributed by atoms with Crippen molar-refractivity contribution in [2.45, 2.75) is 58.1 Å². The van der Waals surface area contributed by atoms with E-state index >= 15 is 0 Å². The van der Waals surface area contributed by atoms with Crippen LogP contribution in [0.3, 0.4) is 0 Å². The van der Waals surface area contributed by atoms with Crippen LogP contribution in [0, 0.1) is 5.92 Å². The lowest BCUT2D eigenvalue weighted by atomic mass is 9.93. The molecule has 108 valence electrons. The summed E-state index contributed by atoms with van der Waals surface area (Å²) in [5.41, 5.74) is 2.45. The summed E-state index contributed by atoms with van der Waals surface area (Å²) in [4.78, 5) is 0. The van der Waals surface area contributed by atoms with E-state index in [1.54, 1.807) is 0 Å². The third-order valence-electron chi connectivity index (χ3n) is 4.52. The van der Waals surface area contributed by atoms with Gasteiger partial charge in [0.2, 0.25) is 0 Å². The molecule has 3 nitrogen and oxygen atoms in total. The van der Waals surface area contributed by atoms with Crippen LogP contribution in [0.25, 0.3) is 10.9 Å². The largest absolute Gasteiger partial charge is 0.393 e. The highest BCUT2D eigenvalue weighted by Crippen LogP contribution is 2.28. The molecule has 0 saturated heterocycles. The molecule has 1 aliphatic carbocycles.